The van der Waals surface area contributed by atoms with E-state index in [0.717, 1.165) is 11.8 Å². The molecule has 0 bridgehead atoms. The van der Waals surface area contributed by atoms with Crippen molar-refractivity contribution in [1.29, 1.82) is 0 Å². The molecule has 1 unspecified atom stereocenters. The maximum Gasteiger partial charge on any atom is 0.225 e. The van der Waals surface area contributed by atoms with E-state index >= 15 is 0 Å². The van der Waals surface area contributed by atoms with Crippen LogP contribution in [0.15, 0.2) is 18.2 Å². The van der Waals surface area contributed by atoms with Crippen LogP contribution in [-0.2, 0) is 25.4 Å². The van der Waals surface area contributed by atoms with Gasteiger partial charge < -0.3 is 11.1 Å². The van der Waals surface area contributed by atoms with Crippen LogP contribution in [0.25, 0.3) is 0 Å². The van der Waals surface area contributed by atoms with Gasteiger partial charge in [0.15, 0.2) is 0 Å². The number of sulfone groups is 1. The summed E-state index contributed by atoms with van der Waals surface area (Å²) in [5, 5.41) is 2.71. The highest BCUT2D eigenvalue weighted by Crippen LogP contribution is 2.20. The van der Waals surface area contributed by atoms with Gasteiger partial charge in [-0.2, -0.15) is 0 Å². The van der Waals surface area contributed by atoms with E-state index in [2.05, 4.69) is 5.32 Å². The van der Waals surface area contributed by atoms with Crippen LogP contribution in [-0.4, -0.2) is 42.0 Å². The molecule has 0 fully saturated rings. The molecule has 118 valence electrons. The van der Waals surface area contributed by atoms with Crippen molar-refractivity contribution in [2.75, 3.05) is 34.6 Å². The number of nitrogens with two attached hydrogens (primary N) is 1. The lowest BCUT2D eigenvalue weighted by Gasteiger charge is -2.10. The SMILES string of the molecule is Cc1c(N)cccc1NC(=O)CCS(=O)CCS(C)(=O)=O. The Hall–Kier alpha value is -1.41. The number of nitrogens with one attached hydrogen (secondary N) is 1. The second-order valence-electron chi connectivity index (χ2n) is 4.80. The quantitative estimate of drug-likeness (QED) is 0.715. The molecule has 1 rings (SSSR count). The Morgan fingerprint density at radius 1 is 1.33 bits per heavy atom. The molecule has 6 nitrogen and oxygen atoms in total. The van der Waals surface area contributed by atoms with Crippen LogP contribution in [0.4, 0.5) is 11.4 Å². The smallest absolute Gasteiger partial charge is 0.225 e. The summed E-state index contributed by atoms with van der Waals surface area (Å²) >= 11 is 0. The van der Waals surface area contributed by atoms with Crippen molar-refractivity contribution in [3.63, 3.8) is 0 Å². The largest absolute Gasteiger partial charge is 0.398 e. The Morgan fingerprint density at radius 3 is 2.62 bits per heavy atom. The molecule has 0 saturated carbocycles. The summed E-state index contributed by atoms with van der Waals surface area (Å²) in [6.45, 7) is 1.80. The molecule has 1 amide bonds. The second-order valence-corrected chi connectivity index (χ2v) is 8.75. The van der Waals surface area contributed by atoms with E-state index in [1.165, 1.54) is 0 Å². The molecule has 8 heteroatoms. The number of amides is 1. The van der Waals surface area contributed by atoms with Gasteiger partial charge in [0.05, 0.1) is 5.75 Å². The highest BCUT2D eigenvalue weighted by molar-refractivity contribution is 7.92. The predicted octanol–water partition coefficient (Wildman–Crippen LogP) is 0.699. The maximum absolute atomic E-state index is 11.8. The first kappa shape index (κ1) is 17.6. The molecule has 1 aromatic carbocycles. The summed E-state index contributed by atoms with van der Waals surface area (Å²) in [6, 6.07) is 5.22. The van der Waals surface area contributed by atoms with Crippen LogP contribution >= 0.6 is 0 Å². The van der Waals surface area contributed by atoms with Gasteiger partial charge >= 0.3 is 0 Å². The predicted molar refractivity (Wildman–Crippen MR) is 86.4 cm³/mol. The molecular formula is C13H20N2O4S2. The number of hydrogen-bond donors (Lipinski definition) is 2. The van der Waals surface area contributed by atoms with Crippen molar-refractivity contribution in [2.24, 2.45) is 0 Å². The van der Waals surface area contributed by atoms with E-state index in [1.807, 2.05) is 0 Å². The summed E-state index contributed by atoms with van der Waals surface area (Å²) in [5.74, 6) is -0.196. The number of benzene rings is 1. The van der Waals surface area contributed by atoms with Gasteiger partial charge in [-0.15, -0.1) is 0 Å². The van der Waals surface area contributed by atoms with Crippen LogP contribution in [0.3, 0.4) is 0 Å². The Morgan fingerprint density at radius 2 is 2.00 bits per heavy atom. The first-order valence-corrected chi connectivity index (χ1v) is 9.91. The average Bonchev–Trinajstić information content (AvgIpc) is 2.38. The van der Waals surface area contributed by atoms with Crippen molar-refractivity contribution < 1.29 is 17.4 Å². The molecule has 21 heavy (non-hydrogen) atoms. The molecule has 1 aromatic rings. The van der Waals surface area contributed by atoms with Gasteiger partial charge in [-0.3, -0.25) is 9.00 Å². The molecule has 0 saturated heterocycles. The van der Waals surface area contributed by atoms with Crippen LogP contribution in [0.2, 0.25) is 0 Å². The molecule has 0 radical (unpaired) electrons. The molecule has 0 aliphatic rings. The summed E-state index contributed by atoms with van der Waals surface area (Å²) in [4.78, 5) is 11.8. The lowest BCUT2D eigenvalue weighted by atomic mass is 10.1. The topological polar surface area (TPSA) is 106 Å². The molecule has 0 aliphatic carbocycles. The zero-order valence-electron chi connectivity index (χ0n) is 12.1. The van der Waals surface area contributed by atoms with Gasteiger partial charge in [0.25, 0.3) is 0 Å². The van der Waals surface area contributed by atoms with Crippen LogP contribution < -0.4 is 11.1 Å². The number of rotatable bonds is 7. The van der Waals surface area contributed by atoms with Gasteiger partial charge in [0, 0.05) is 46.4 Å². The van der Waals surface area contributed by atoms with Crippen molar-refractivity contribution in [1.82, 2.24) is 0 Å². The minimum absolute atomic E-state index is 0.0590. The van der Waals surface area contributed by atoms with Crippen LogP contribution in [0.5, 0.6) is 0 Å². The van der Waals surface area contributed by atoms with Crippen LogP contribution in [0.1, 0.15) is 12.0 Å². The monoisotopic (exact) mass is 332 g/mol. The average molecular weight is 332 g/mol. The van der Waals surface area contributed by atoms with Gasteiger partial charge in [0.1, 0.15) is 9.84 Å². The normalized spacial score (nSPS) is 12.9. The highest BCUT2D eigenvalue weighted by atomic mass is 32.2. The molecule has 0 aromatic heterocycles. The highest BCUT2D eigenvalue weighted by Gasteiger charge is 2.10. The lowest BCUT2D eigenvalue weighted by Crippen LogP contribution is -2.19. The van der Waals surface area contributed by atoms with Gasteiger partial charge in [-0.1, -0.05) is 6.07 Å². The molecule has 0 heterocycles. The third-order valence-corrected chi connectivity index (χ3v) is 5.41. The molecular weight excluding hydrogens is 312 g/mol. The standard InChI is InChI=1S/C13H20N2O4S2/c1-10-11(14)4-3-5-12(10)15-13(16)6-7-20(17)8-9-21(2,18)19/h3-5H,6-9,14H2,1-2H3,(H,15,16). The maximum atomic E-state index is 11.8. The zero-order valence-corrected chi connectivity index (χ0v) is 13.7. The number of anilines is 2. The van der Waals surface area contributed by atoms with Crippen LogP contribution in [0, 0.1) is 6.92 Å². The number of nitrogen functional groups attached to an aromatic ring is 1. The van der Waals surface area contributed by atoms with E-state index in [9.17, 15) is 17.4 Å². The minimum Gasteiger partial charge on any atom is -0.398 e. The number of carbonyl (C=O) groups is 1. The molecule has 1 atom stereocenters. The molecule has 3 N–H and O–H groups in total. The minimum atomic E-state index is -3.12. The van der Waals surface area contributed by atoms with Crippen molar-refractivity contribution in [3.05, 3.63) is 23.8 Å². The Labute approximate surface area is 127 Å². The zero-order chi connectivity index (χ0) is 16.0. The fraction of sp³-hybridized carbons (Fsp3) is 0.462. The van der Waals surface area contributed by atoms with Gasteiger partial charge in [0.2, 0.25) is 5.91 Å². The van der Waals surface area contributed by atoms with Crippen molar-refractivity contribution in [3.8, 4) is 0 Å². The third kappa shape index (κ3) is 6.72. The second kappa shape index (κ2) is 7.56. The lowest BCUT2D eigenvalue weighted by molar-refractivity contribution is -0.115. The first-order valence-electron chi connectivity index (χ1n) is 6.36. The van der Waals surface area contributed by atoms with Crippen molar-refractivity contribution in [2.45, 2.75) is 13.3 Å². The summed E-state index contributed by atoms with van der Waals surface area (Å²) in [5.41, 5.74) is 7.74. The van der Waals surface area contributed by atoms with Gasteiger partial charge in [-0.25, -0.2) is 8.42 Å². The van der Waals surface area contributed by atoms with E-state index in [-0.39, 0.29) is 29.6 Å². The van der Waals surface area contributed by atoms with Crippen molar-refractivity contribution >= 4 is 37.9 Å². The fourth-order valence-electron chi connectivity index (χ4n) is 1.55. The molecule has 0 aliphatic heterocycles. The fourth-order valence-corrected chi connectivity index (χ4v) is 4.13. The Bertz CT molecular complexity index is 642. The first-order chi connectivity index (χ1) is 9.69. The summed E-state index contributed by atoms with van der Waals surface area (Å²) in [7, 11) is -4.44. The van der Waals surface area contributed by atoms with Gasteiger partial charge in [-0.05, 0) is 24.6 Å². The van der Waals surface area contributed by atoms with E-state index < -0.39 is 20.6 Å². The summed E-state index contributed by atoms with van der Waals surface area (Å²) < 4.78 is 33.5. The third-order valence-electron chi connectivity index (χ3n) is 2.89. The van der Waals surface area contributed by atoms with E-state index in [0.29, 0.717) is 11.4 Å². The Kier molecular flexibility index (Phi) is 6.35. The Balaban J connectivity index is 2.44. The number of carbonyl (C=O) groups excluding carboxylic acids is 1. The number of hydrogen-bond acceptors (Lipinski definition) is 5. The summed E-state index contributed by atoms with van der Waals surface area (Å²) in [6.07, 6.45) is 1.17. The van der Waals surface area contributed by atoms with E-state index in [1.54, 1.807) is 25.1 Å². The van der Waals surface area contributed by atoms with E-state index in [4.69, 9.17) is 5.73 Å². The molecule has 0 spiro atoms.